The van der Waals surface area contributed by atoms with Gasteiger partial charge in [-0.05, 0) is 31.5 Å². The van der Waals surface area contributed by atoms with Gasteiger partial charge in [-0.1, -0.05) is 0 Å². The molecule has 2 nitrogen and oxygen atoms in total. The molecule has 0 spiro atoms. The summed E-state index contributed by atoms with van der Waals surface area (Å²) in [6.45, 7) is 2.78. The smallest absolute Gasteiger partial charge is 0.151 e. The highest BCUT2D eigenvalue weighted by Gasteiger charge is 2.25. The predicted molar refractivity (Wildman–Crippen MR) is 61.5 cm³/mol. The van der Waals surface area contributed by atoms with Crippen molar-refractivity contribution in [2.45, 2.75) is 29.6 Å². The summed E-state index contributed by atoms with van der Waals surface area (Å²) in [6.07, 6.45) is 1.86. The minimum Gasteiger partial charge on any atom is -0.377 e. The number of hydrogen-bond donors (Lipinski definition) is 0. The minimum atomic E-state index is -0.373. The molecule has 2 atom stereocenters. The molecule has 1 aliphatic rings. The Morgan fingerprint density at radius 1 is 1.56 bits per heavy atom. The van der Waals surface area contributed by atoms with Crippen LogP contribution < -0.4 is 0 Å². The van der Waals surface area contributed by atoms with Gasteiger partial charge in [0, 0.05) is 22.3 Å². The number of carbonyl (C=O) groups is 1. The van der Waals surface area contributed by atoms with E-state index >= 15 is 0 Å². The Bertz CT molecular complexity index is 395. The van der Waals surface area contributed by atoms with Gasteiger partial charge in [0.15, 0.2) is 6.29 Å². The van der Waals surface area contributed by atoms with E-state index in [1.807, 2.05) is 6.92 Å². The molecule has 1 saturated heterocycles. The molecule has 0 radical (unpaired) electrons. The molecule has 1 aromatic rings. The van der Waals surface area contributed by atoms with E-state index in [0.29, 0.717) is 17.1 Å². The van der Waals surface area contributed by atoms with Crippen molar-refractivity contribution in [3.8, 4) is 0 Å². The number of ether oxygens (including phenoxy) is 1. The number of rotatable bonds is 3. The number of benzene rings is 1. The van der Waals surface area contributed by atoms with E-state index in [9.17, 15) is 9.18 Å². The van der Waals surface area contributed by atoms with E-state index < -0.39 is 0 Å². The SMILES string of the molecule is CC1OCCC1Sc1ccc(F)cc1C=O. The van der Waals surface area contributed by atoms with Gasteiger partial charge in [0.2, 0.25) is 0 Å². The Morgan fingerprint density at radius 3 is 3.00 bits per heavy atom. The van der Waals surface area contributed by atoms with E-state index in [2.05, 4.69) is 0 Å². The van der Waals surface area contributed by atoms with Crippen LogP contribution in [0.5, 0.6) is 0 Å². The zero-order chi connectivity index (χ0) is 11.5. The van der Waals surface area contributed by atoms with Crippen molar-refractivity contribution >= 4 is 18.0 Å². The van der Waals surface area contributed by atoms with Crippen molar-refractivity contribution in [3.63, 3.8) is 0 Å². The van der Waals surface area contributed by atoms with Crippen molar-refractivity contribution in [2.75, 3.05) is 6.61 Å². The molecule has 1 heterocycles. The molecule has 1 aromatic carbocycles. The van der Waals surface area contributed by atoms with E-state index in [4.69, 9.17) is 4.74 Å². The fraction of sp³-hybridized carbons (Fsp3) is 0.417. The van der Waals surface area contributed by atoms with Crippen molar-refractivity contribution in [2.24, 2.45) is 0 Å². The Balaban J connectivity index is 2.17. The normalized spacial score (nSPS) is 24.6. The third-order valence-corrected chi connectivity index (χ3v) is 4.23. The van der Waals surface area contributed by atoms with Gasteiger partial charge >= 0.3 is 0 Å². The van der Waals surface area contributed by atoms with Crippen LogP contribution in [0.15, 0.2) is 23.1 Å². The molecule has 2 unspecified atom stereocenters. The second-order valence-electron chi connectivity index (χ2n) is 3.82. The maximum atomic E-state index is 12.9. The van der Waals surface area contributed by atoms with Gasteiger partial charge in [0.05, 0.1) is 6.10 Å². The number of aldehydes is 1. The van der Waals surface area contributed by atoms with Crippen LogP contribution in [0.25, 0.3) is 0 Å². The molecule has 4 heteroatoms. The first-order valence-corrected chi connectivity index (χ1v) is 6.11. The average Bonchev–Trinajstić information content (AvgIpc) is 2.67. The summed E-state index contributed by atoms with van der Waals surface area (Å²) in [5.74, 6) is -0.373. The highest BCUT2D eigenvalue weighted by atomic mass is 32.2. The molecular weight excluding hydrogens is 227 g/mol. The lowest BCUT2D eigenvalue weighted by Gasteiger charge is -2.14. The van der Waals surface area contributed by atoms with Gasteiger partial charge in [-0.2, -0.15) is 0 Å². The molecule has 0 amide bonds. The minimum absolute atomic E-state index is 0.189. The lowest BCUT2D eigenvalue weighted by Crippen LogP contribution is -2.13. The summed E-state index contributed by atoms with van der Waals surface area (Å²) in [5.41, 5.74) is 0.420. The molecule has 0 N–H and O–H groups in total. The zero-order valence-corrected chi connectivity index (χ0v) is 9.80. The number of carbonyl (C=O) groups excluding carboxylic acids is 1. The highest BCUT2D eigenvalue weighted by Crippen LogP contribution is 2.34. The lowest BCUT2D eigenvalue weighted by molar-refractivity contribution is 0.112. The summed E-state index contributed by atoms with van der Waals surface area (Å²) < 4.78 is 18.4. The van der Waals surface area contributed by atoms with E-state index in [0.717, 1.165) is 17.9 Å². The molecule has 0 bridgehead atoms. The third-order valence-electron chi connectivity index (χ3n) is 2.68. The Labute approximate surface area is 98.2 Å². The first-order valence-electron chi connectivity index (χ1n) is 5.23. The summed E-state index contributed by atoms with van der Waals surface area (Å²) in [6, 6.07) is 4.32. The van der Waals surface area contributed by atoms with Gasteiger partial charge in [-0.3, -0.25) is 4.79 Å². The van der Waals surface area contributed by atoms with Crippen LogP contribution in [0, 0.1) is 5.82 Å². The van der Waals surface area contributed by atoms with Crippen molar-refractivity contribution < 1.29 is 13.9 Å². The molecule has 86 valence electrons. The number of thioether (sulfide) groups is 1. The second-order valence-corrected chi connectivity index (χ2v) is 5.10. The van der Waals surface area contributed by atoms with Crippen LogP contribution in [-0.2, 0) is 4.74 Å². The maximum Gasteiger partial charge on any atom is 0.151 e. The van der Waals surface area contributed by atoms with Crippen molar-refractivity contribution in [3.05, 3.63) is 29.6 Å². The van der Waals surface area contributed by atoms with E-state index in [-0.39, 0.29) is 11.9 Å². The van der Waals surface area contributed by atoms with Gasteiger partial charge in [0.1, 0.15) is 5.82 Å². The molecule has 0 saturated carbocycles. The van der Waals surface area contributed by atoms with Crippen LogP contribution in [0.1, 0.15) is 23.7 Å². The van der Waals surface area contributed by atoms with Gasteiger partial charge < -0.3 is 4.74 Å². The van der Waals surface area contributed by atoms with Gasteiger partial charge in [-0.15, -0.1) is 11.8 Å². The number of halogens is 1. The Hall–Kier alpha value is -0.870. The molecule has 1 aliphatic heterocycles. The molecule has 2 rings (SSSR count). The van der Waals surface area contributed by atoms with Crippen LogP contribution in [-0.4, -0.2) is 24.2 Å². The fourth-order valence-electron chi connectivity index (χ4n) is 1.75. The first-order chi connectivity index (χ1) is 7.70. The second kappa shape index (κ2) is 4.97. The zero-order valence-electron chi connectivity index (χ0n) is 8.98. The average molecular weight is 240 g/mol. The molecule has 16 heavy (non-hydrogen) atoms. The van der Waals surface area contributed by atoms with E-state index in [1.54, 1.807) is 17.8 Å². The molecule has 0 aliphatic carbocycles. The quantitative estimate of drug-likeness (QED) is 0.760. The van der Waals surface area contributed by atoms with Crippen LogP contribution in [0.3, 0.4) is 0 Å². The van der Waals surface area contributed by atoms with Crippen molar-refractivity contribution in [1.82, 2.24) is 0 Å². The standard InChI is InChI=1S/C12H13FO2S/c1-8-11(4-5-15-8)16-12-3-2-10(13)6-9(12)7-14/h2-3,6-8,11H,4-5H2,1H3. The van der Waals surface area contributed by atoms with Crippen LogP contribution in [0.2, 0.25) is 0 Å². The summed E-state index contributed by atoms with van der Waals surface area (Å²) >= 11 is 1.60. The maximum absolute atomic E-state index is 12.9. The van der Waals surface area contributed by atoms with Gasteiger partial charge in [-0.25, -0.2) is 4.39 Å². The van der Waals surface area contributed by atoms with Crippen LogP contribution >= 0.6 is 11.8 Å². The first kappa shape index (κ1) is 11.6. The monoisotopic (exact) mass is 240 g/mol. The Morgan fingerprint density at radius 2 is 2.38 bits per heavy atom. The third kappa shape index (κ3) is 2.44. The molecule has 0 aromatic heterocycles. The topological polar surface area (TPSA) is 26.3 Å². The largest absolute Gasteiger partial charge is 0.377 e. The van der Waals surface area contributed by atoms with Crippen LogP contribution in [0.4, 0.5) is 4.39 Å². The predicted octanol–water partition coefficient (Wildman–Crippen LogP) is 2.91. The Kier molecular flexibility index (Phi) is 3.61. The fourth-order valence-corrected chi connectivity index (χ4v) is 2.95. The highest BCUT2D eigenvalue weighted by molar-refractivity contribution is 8.00. The summed E-state index contributed by atoms with van der Waals surface area (Å²) in [7, 11) is 0. The lowest BCUT2D eigenvalue weighted by atomic mass is 10.2. The number of hydrogen-bond acceptors (Lipinski definition) is 3. The summed E-state index contributed by atoms with van der Waals surface area (Å²) in [4.78, 5) is 11.7. The molecular formula is C12H13FO2S. The molecule has 1 fully saturated rings. The summed E-state index contributed by atoms with van der Waals surface area (Å²) in [5, 5.41) is 0.351. The van der Waals surface area contributed by atoms with Gasteiger partial charge in [0.25, 0.3) is 0 Å². The van der Waals surface area contributed by atoms with Crippen molar-refractivity contribution in [1.29, 1.82) is 0 Å². The van der Waals surface area contributed by atoms with E-state index in [1.165, 1.54) is 12.1 Å².